The summed E-state index contributed by atoms with van der Waals surface area (Å²) in [5.41, 5.74) is 4.46. The van der Waals surface area contributed by atoms with E-state index in [9.17, 15) is 24.5 Å². The number of hydrogen-bond donors (Lipinski definition) is 3. The standard InChI is InChI=1S/C20H22N4O6/c1-12(2)17(21-19(26)15-9-4-5-10-16(15)30-3)20(27)23-22-18(25)13-7-6-8-14(11-13)24(28)29/h4-12,17H,1-3H3,(H,21,26)(H,22,25)(H,23,27)/t17-/m0/s1. The fraction of sp³-hybridized carbons (Fsp3) is 0.250. The molecule has 2 aromatic carbocycles. The first-order valence-electron chi connectivity index (χ1n) is 9.03. The van der Waals surface area contributed by atoms with Crippen LogP contribution in [0.1, 0.15) is 34.6 Å². The Kier molecular flexibility index (Phi) is 7.45. The van der Waals surface area contributed by atoms with E-state index in [1.807, 2.05) is 0 Å². The van der Waals surface area contributed by atoms with Crippen LogP contribution in [0.2, 0.25) is 0 Å². The van der Waals surface area contributed by atoms with E-state index in [4.69, 9.17) is 4.74 Å². The summed E-state index contributed by atoms with van der Waals surface area (Å²) >= 11 is 0. The maximum atomic E-state index is 12.6. The van der Waals surface area contributed by atoms with Gasteiger partial charge in [-0.3, -0.25) is 35.3 Å². The third-order valence-electron chi connectivity index (χ3n) is 4.21. The molecule has 1 atom stereocenters. The third-order valence-corrected chi connectivity index (χ3v) is 4.21. The summed E-state index contributed by atoms with van der Waals surface area (Å²) in [5, 5.41) is 13.4. The van der Waals surface area contributed by atoms with Crippen LogP contribution in [0.25, 0.3) is 0 Å². The van der Waals surface area contributed by atoms with Gasteiger partial charge in [0.25, 0.3) is 23.4 Å². The van der Waals surface area contributed by atoms with Gasteiger partial charge < -0.3 is 10.1 Å². The molecule has 3 amide bonds. The van der Waals surface area contributed by atoms with Gasteiger partial charge in [0, 0.05) is 17.7 Å². The number of benzene rings is 2. The molecule has 0 heterocycles. The van der Waals surface area contributed by atoms with Crippen LogP contribution < -0.4 is 20.9 Å². The second-order valence-corrected chi connectivity index (χ2v) is 6.65. The molecule has 0 spiro atoms. The van der Waals surface area contributed by atoms with E-state index in [1.165, 1.54) is 25.3 Å². The van der Waals surface area contributed by atoms with Crippen molar-refractivity contribution in [2.45, 2.75) is 19.9 Å². The van der Waals surface area contributed by atoms with E-state index in [-0.39, 0.29) is 22.7 Å². The summed E-state index contributed by atoms with van der Waals surface area (Å²) < 4.78 is 5.16. The molecule has 0 aliphatic carbocycles. The number of hydrazine groups is 1. The Hall–Kier alpha value is -3.95. The molecule has 0 radical (unpaired) electrons. The summed E-state index contributed by atoms with van der Waals surface area (Å²) in [5.74, 6) is -1.82. The normalized spacial score (nSPS) is 11.3. The molecule has 0 aromatic heterocycles. The summed E-state index contributed by atoms with van der Waals surface area (Å²) in [7, 11) is 1.43. The van der Waals surface area contributed by atoms with Gasteiger partial charge in [0.1, 0.15) is 11.8 Å². The number of nitrogens with zero attached hydrogens (tertiary/aromatic N) is 1. The highest BCUT2D eigenvalue weighted by Gasteiger charge is 2.26. The molecule has 0 aliphatic rings. The lowest BCUT2D eigenvalue weighted by Crippen LogP contribution is -2.54. The number of rotatable bonds is 7. The average molecular weight is 414 g/mol. The number of para-hydroxylation sites is 1. The molecule has 0 bridgehead atoms. The summed E-state index contributed by atoms with van der Waals surface area (Å²) in [6.45, 7) is 3.46. The van der Waals surface area contributed by atoms with Crippen molar-refractivity contribution in [3.8, 4) is 5.75 Å². The van der Waals surface area contributed by atoms with Crippen molar-refractivity contribution in [1.82, 2.24) is 16.2 Å². The van der Waals surface area contributed by atoms with Crippen molar-refractivity contribution in [2.24, 2.45) is 5.92 Å². The van der Waals surface area contributed by atoms with Gasteiger partial charge in [-0.2, -0.15) is 0 Å². The Balaban J connectivity index is 2.05. The lowest BCUT2D eigenvalue weighted by molar-refractivity contribution is -0.384. The van der Waals surface area contributed by atoms with Crippen LogP contribution in [-0.4, -0.2) is 35.8 Å². The SMILES string of the molecule is COc1ccccc1C(=O)N[C@H](C(=O)NNC(=O)c1cccc([N+](=O)[O-])c1)C(C)C. The van der Waals surface area contributed by atoms with Crippen molar-refractivity contribution in [1.29, 1.82) is 0 Å². The van der Waals surface area contributed by atoms with Crippen LogP contribution in [0.5, 0.6) is 5.75 Å². The van der Waals surface area contributed by atoms with E-state index in [0.717, 1.165) is 6.07 Å². The van der Waals surface area contributed by atoms with E-state index in [2.05, 4.69) is 16.2 Å². The van der Waals surface area contributed by atoms with Crippen molar-refractivity contribution >= 4 is 23.4 Å². The van der Waals surface area contributed by atoms with Crippen molar-refractivity contribution in [3.05, 3.63) is 69.8 Å². The molecule has 10 heteroatoms. The molecule has 0 saturated carbocycles. The molecular formula is C20H22N4O6. The fourth-order valence-corrected chi connectivity index (χ4v) is 2.62. The first-order valence-corrected chi connectivity index (χ1v) is 9.03. The Labute approximate surface area is 172 Å². The van der Waals surface area contributed by atoms with Crippen molar-refractivity contribution < 1.29 is 24.0 Å². The summed E-state index contributed by atoms with van der Waals surface area (Å²) in [4.78, 5) is 47.5. The summed E-state index contributed by atoms with van der Waals surface area (Å²) in [6.07, 6.45) is 0. The minimum atomic E-state index is -0.951. The Morgan fingerprint density at radius 2 is 1.70 bits per heavy atom. The number of carbonyl (C=O) groups is 3. The van der Waals surface area contributed by atoms with Gasteiger partial charge >= 0.3 is 0 Å². The van der Waals surface area contributed by atoms with Crippen molar-refractivity contribution in [2.75, 3.05) is 7.11 Å². The number of nitrogens with one attached hydrogen (secondary N) is 3. The van der Waals surface area contributed by atoms with E-state index >= 15 is 0 Å². The fourth-order valence-electron chi connectivity index (χ4n) is 2.62. The first kappa shape index (κ1) is 22.3. The minimum absolute atomic E-state index is 0.00338. The van der Waals surface area contributed by atoms with Crippen LogP contribution in [-0.2, 0) is 4.79 Å². The number of nitro benzene ring substituents is 1. The zero-order chi connectivity index (χ0) is 22.3. The molecule has 2 aromatic rings. The van der Waals surface area contributed by atoms with Gasteiger partial charge in [-0.15, -0.1) is 0 Å². The molecule has 0 fully saturated rings. The molecule has 0 unspecified atom stereocenters. The van der Waals surface area contributed by atoms with Gasteiger partial charge in [0.2, 0.25) is 0 Å². The highest BCUT2D eigenvalue weighted by atomic mass is 16.6. The number of hydrogen-bond acceptors (Lipinski definition) is 6. The average Bonchev–Trinajstić information content (AvgIpc) is 2.75. The number of ether oxygens (including phenoxy) is 1. The molecule has 0 saturated heterocycles. The zero-order valence-corrected chi connectivity index (χ0v) is 16.7. The highest BCUT2D eigenvalue weighted by Crippen LogP contribution is 2.18. The van der Waals surface area contributed by atoms with E-state index < -0.39 is 28.7 Å². The van der Waals surface area contributed by atoms with Gasteiger partial charge in [-0.25, -0.2) is 0 Å². The first-order chi connectivity index (χ1) is 14.2. The van der Waals surface area contributed by atoms with Crippen LogP contribution in [0.4, 0.5) is 5.69 Å². The number of amides is 3. The van der Waals surface area contributed by atoms with Gasteiger partial charge in [0.05, 0.1) is 17.6 Å². The molecule has 3 N–H and O–H groups in total. The topological polar surface area (TPSA) is 140 Å². The maximum Gasteiger partial charge on any atom is 0.270 e. The quantitative estimate of drug-likeness (QED) is 0.466. The lowest BCUT2D eigenvalue weighted by Gasteiger charge is -2.22. The predicted octanol–water partition coefficient (Wildman–Crippen LogP) is 1.82. The molecule has 30 heavy (non-hydrogen) atoms. The monoisotopic (exact) mass is 414 g/mol. The van der Waals surface area contributed by atoms with E-state index in [1.54, 1.807) is 38.1 Å². The molecule has 158 valence electrons. The molecule has 0 aliphatic heterocycles. The smallest absolute Gasteiger partial charge is 0.270 e. The van der Waals surface area contributed by atoms with Crippen molar-refractivity contribution in [3.63, 3.8) is 0 Å². The van der Waals surface area contributed by atoms with Crippen LogP contribution >= 0.6 is 0 Å². The van der Waals surface area contributed by atoms with Gasteiger partial charge in [-0.05, 0) is 24.1 Å². The Bertz CT molecular complexity index is 960. The largest absolute Gasteiger partial charge is 0.496 e. The second kappa shape index (κ2) is 10.0. The number of methoxy groups -OCH3 is 1. The number of carbonyl (C=O) groups excluding carboxylic acids is 3. The Morgan fingerprint density at radius 3 is 2.33 bits per heavy atom. The molecule has 2 rings (SSSR count). The highest BCUT2D eigenvalue weighted by molar-refractivity contribution is 6.00. The number of non-ortho nitro benzene ring substituents is 1. The van der Waals surface area contributed by atoms with E-state index in [0.29, 0.717) is 5.75 Å². The van der Waals surface area contributed by atoms with Crippen LogP contribution in [0, 0.1) is 16.0 Å². The maximum absolute atomic E-state index is 12.6. The second-order valence-electron chi connectivity index (χ2n) is 6.65. The summed E-state index contributed by atoms with van der Waals surface area (Å²) in [6, 6.07) is 10.7. The Morgan fingerprint density at radius 1 is 1.00 bits per heavy atom. The number of nitro groups is 1. The van der Waals surface area contributed by atoms with Crippen LogP contribution in [0.15, 0.2) is 48.5 Å². The van der Waals surface area contributed by atoms with Crippen LogP contribution in [0.3, 0.4) is 0 Å². The zero-order valence-electron chi connectivity index (χ0n) is 16.7. The lowest BCUT2D eigenvalue weighted by atomic mass is 10.0. The third kappa shape index (κ3) is 5.53. The molecule has 10 nitrogen and oxygen atoms in total. The predicted molar refractivity (Wildman–Crippen MR) is 108 cm³/mol. The van der Waals surface area contributed by atoms with Gasteiger partial charge in [-0.1, -0.05) is 32.0 Å². The molecular weight excluding hydrogens is 392 g/mol. The van der Waals surface area contributed by atoms with Gasteiger partial charge in [0.15, 0.2) is 0 Å². The minimum Gasteiger partial charge on any atom is -0.496 e.